The number of aromatic amines is 1. The number of benzene rings is 1. The highest BCUT2D eigenvalue weighted by Gasteiger charge is 2.14. The number of H-pyrrole nitrogens is 1. The minimum absolute atomic E-state index is 0.0767. The first-order chi connectivity index (χ1) is 11.5. The van der Waals surface area contributed by atoms with Crippen LogP contribution in [0.25, 0.3) is 10.9 Å². The summed E-state index contributed by atoms with van der Waals surface area (Å²) in [6.45, 7) is 3.76. The quantitative estimate of drug-likeness (QED) is 0.774. The van der Waals surface area contributed by atoms with E-state index in [0.717, 1.165) is 27.9 Å². The van der Waals surface area contributed by atoms with Crippen LogP contribution in [-0.2, 0) is 11.2 Å². The van der Waals surface area contributed by atoms with Crippen LogP contribution in [0.5, 0.6) is 0 Å². The fourth-order valence-electron chi connectivity index (χ4n) is 2.71. The SMILES string of the molecule is Cc1nc(N(C)C)nc(C)c1NC(=O)Cc1c[nH]c2ccccc12. The van der Waals surface area contributed by atoms with Gasteiger partial charge in [0.1, 0.15) is 0 Å². The Bertz CT molecular complexity index is 874. The van der Waals surface area contributed by atoms with Crippen molar-refractivity contribution in [3.8, 4) is 0 Å². The second kappa shape index (κ2) is 6.31. The van der Waals surface area contributed by atoms with Gasteiger partial charge in [-0.05, 0) is 25.5 Å². The van der Waals surface area contributed by atoms with Crippen molar-refractivity contribution in [1.29, 1.82) is 0 Å². The molecular formula is C18H21N5O. The molecule has 6 nitrogen and oxygen atoms in total. The summed E-state index contributed by atoms with van der Waals surface area (Å²) in [5.41, 5.74) is 4.22. The Morgan fingerprint density at radius 2 is 1.83 bits per heavy atom. The number of hydrogen-bond donors (Lipinski definition) is 2. The van der Waals surface area contributed by atoms with Crippen LogP contribution < -0.4 is 10.2 Å². The minimum atomic E-state index is -0.0767. The Balaban J connectivity index is 1.80. The summed E-state index contributed by atoms with van der Waals surface area (Å²) in [4.78, 5) is 26.3. The molecule has 0 aliphatic heterocycles. The number of anilines is 2. The second-order valence-corrected chi connectivity index (χ2v) is 6.05. The van der Waals surface area contributed by atoms with Gasteiger partial charge in [0.25, 0.3) is 0 Å². The molecule has 0 radical (unpaired) electrons. The predicted octanol–water partition coefficient (Wildman–Crippen LogP) is 2.82. The van der Waals surface area contributed by atoms with Gasteiger partial charge < -0.3 is 15.2 Å². The van der Waals surface area contributed by atoms with Gasteiger partial charge in [-0.1, -0.05) is 18.2 Å². The molecule has 24 heavy (non-hydrogen) atoms. The summed E-state index contributed by atoms with van der Waals surface area (Å²) in [5.74, 6) is 0.562. The number of aromatic nitrogens is 3. The van der Waals surface area contributed by atoms with Crippen molar-refractivity contribution in [2.24, 2.45) is 0 Å². The molecule has 0 aliphatic carbocycles. The molecule has 2 heterocycles. The zero-order valence-electron chi connectivity index (χ0n) is 14.3. The number of carbonyl (C=O) groups excluding carboxylic acids is 1. The molecule has 1 aromatic carbocycles. The largest absolute Gasteiger partial charge is 0.361 e. The summed E-state index contributed by atoms with van der Waals surface area (Å²) in [7, 11) is 3.78. The molecule has 0 spiro atoms. The van der Waals surface area contributed by atoms with E-state index in [4.69, 9.17) is 0 Å². The highest BCUT2D eigenvalue weighted by molar-refractivity contribution is 5.96. The molecule has 3 rings (SSSR count). The molecule has 0 saturated heterocycles. The van der Waals surface area contributed by atoms with E-state index in [1.54, 1.807) is 0 Å². The molecule has 1 amide bonds. The maximum absolute atomic E-state index is 12.5. The molecule has 2 N–H and O–H groups in total. The number of aryl methyl sites for hydroxylation is 2. The first-order valence-corrected chi connectivity index (χ1v) is 7.83. The Morgan fingerprint density at radius 3 is 2.50 bits per heavy atom. The lowest BCUT2D eigenvalue weighted by Crippen LogP contribution is -2.19. The number of para-hydroxylation sites is 1. The van der Waals surface area contributed by atoms with Crippen LogP contribution in [0.15, 0.2) is 30.5 Å². The van der Waals surface area contributed by atoms with E-state index in [2.05, 4.69) is 20.3 Å². The number of rotatable bonds is 4. The number of hydrogen-bond acceptors (Lipinski definition) is 4. The Hall–Kier alpha value is -2.89. The van der Waals surface area contributed by atoms with Crippen LogP contribution in [0.4, 0.5) is 11.6 Å². The molecule has 0 bridgehead atoms. The van der Waals surface area contributed by atoms with Crippen LogP contribution in [-0.4, -0.2) is 35.0 Å². The maximum atomic E-state index is 12.5. The van der Waals surface area contributed by atoms with Gasteiger partial charge in [0, 0.05) is 31.2 Å². The second-order valence-electron chi connectivity index (χ2n) is 6.05. The van der Waals surface area contributed by atoms with E-state index in [1.165, 1.54) is 0 Å². The minimum Gasteiger partial charge on any atom is -0.361 e. The van der Waals surface area contributed by atoms with Gasteiger partial charge in [0.05, 0.1) is 23.5 Å². The summed E-state index contributed by atoms with van der Waals surface area (Å²) in [6, 6.07) is 7.96. The van der Waals surface area contributed by atoms with Gasteiger partial charge in [0.2, 0.25) is 11.9 Å². The van der Waals surface area contributed by atoms with Crippen molar-refractivity contribution >= 4 is 28.4 Å². The van der Waals surface area contributed by atoms with Crippen LogP contribution in [0.2, 0.25) is 0 Å². The smallest absolute Gasteiger partial charge is 0.228 e. The van der Waals surface area contributed by atoms with E-state index in [9.17, 15) is 4.79 Å². The van der Waals surface area contributed by atoms with Crippen molar-refractivity contribution in [1.82, 2.24) is 15.0 Å². The van der Waals surface area contributed by atoms with Gasteiger partial charge in [-0.3, -0.25) is 4.79 Å². The average Bonchev–Trinajstić information content (AvgIpc) is 2.94. The van der Waals surface area contributed by atoms with Crippen molar-refractivity contribution < 1.29 is 4.79 Å². The molecule has 0 unspecified atom stereocenters. The standard InChI is InChI=1S/C18H21N5O/c1-11-17(12(2)21-18(20-11)23(3)4)22-16(24)9-13-10-19-15-8-6-5-7-14(13)15/h5-8,10,19H,9H2,1-4H3,(H,22,24). The molecule has 0 aliphatic rings. The normalized spacial score (nSPS) is 10.8. The molecule has 6 heteroatoms. The third-order valence-corrected chi connectivity index (χ3v) is 3.95. The lowest BCUT2D eigenvalue weighted by atomic mass is 10.1. The van der Waals surface area contributed by atoms with E-state index < -0.39 is 0 Å². The summed E-state index contributed by atoms with van der Waals surface area (Å²) >= 11 is 0. The molecule has 2 aromatic heterocycles. The summed E-state index contributed by atoms with van der Waals surface area (Å²) < 4.78 is 0. The number of amides is 1. The third kappa shape index (κ3) is 3.08. The van der Waals surface area contributed by atoms with Crippen molar-refractivity contribution in [2.75, 3.05) is 24.3 Å². The fraction of sp³-hybridized carbons (Fsp3) is 0.278. The van der Waals surface area contributed by atoms with E-state index in [0.29, 0.717) is 18.1 Å². The lowest BCUT2D eigenvalue weighted by Gasteiger charge is -2.15. The molecule has 0 atom stereocenters. The first kappa shape index (κ1) is 16.0. The molecule has 0 saturated carbocycles. The monoisotopic (exact) mass is 323 g/mol. The van der Waals surface area contributed by atoms with Crippen molar-refractivity contribution in [2.45, 2.75) is 20.3 Å². The summed E-state index contributed by atoms with van der Waals surface area (Å²) in [5, 5.41) is 4.02. The van der Waals surface area contributed by atoms with Crippen LogP contribution in [0, 0.1) is 13.8 Å². The number of fused-ring (bicyclic) bond motifs is 1. The number of nitrogens with zero attached hydrogens (tertiary/aromatic N) is 3. The van der Waals surface area contributed by atoms with Crippen LogP contribution in [0.1, 0.15) is 17.0 Å². The molecule has 3 aromatic rings. The molecule has 124 valence electrons. The summed E-state index contributed by atoms with van der Waals surface area (Å²) in [6.07, 6.45) is 2.19. The highest BCUT2D eigenvalue weighted by atomic mass is 16.1. The lowest BCUT2D eigenvalue weighted by molar-refractivity contribution is -0.115. The third-order valence-electron chi connectivity index (χ3n) is 3.95. The van der Waals surface area contributed by atoms with Gasteiger partial charge in [-0.25, -0.2) is 9.97 Å². The zero-order valence-corrected chi connectivity index (χ0v) is 14.3. The average molecular weight is 323 g/mol. The fourth-order valence-corrected chi connectivity index (χ4v) is 2.71. The predicted molar refractivity (Wildman–Crippen MR) is 96.5 cm³/mol. The Kier molecular flexibility index (Phi) is 4.20. The molecule has 0 fully saturated rings. The van der Waals surface area contributed by atoms with Gasteiger partial charge in [-0.15, -0.1) is 0 Å². The van der Waals surface area contributed by atoms with E-state index >= 15 is 0 Å². The number of carbonyl (C=O) groups is 1. The van der Waals surface area contributed by atoms with Crippen LogP contribution >= 0.6 is 0 Å². The Morgan fingerprint density at radius 1 is 1.17 bits per heavy atom. The first-order valence-electron chi connectivity index (χ1n) is 7.83. The van der Waals surface area contributed by atoms with Gasteiger partial charge in [-0.2, -0.15) is 0 Å². The van der Waals surface area contributed by atoms with Crippen molar-refractivity contribution in [3.63, 3.8) is 0 Å². The van der Waals surface area contributed by atoms with Crippen molar-refractivity contribution in [3.05, 3.63) is 47.4 Å². The zero-order chi connectivity index (χ0) is 17.3. The maximum Gasteiger partial charge on any atom is 0.228 e. The topological polar surface area (TPSA) is 73.9 Å². The number of nitrogens with one attached hydrogen (secondary N) is 2. The highest BCUT2D eigenvalue weighted by Crippen LogP contribution is 2.21. The van der Waals surface area contributed by atoms with Gasteiger partial charge >= 0.3 is 0 Å². The Labute approximate surface area is 140 Å². The molecular weight excluding hydrogens is 302 g/mol. The van der Waals surface area contributed by atoms with E-state index in [1.807, 2.05) is 63.3 Å². The van der Waals surface area contributed by atoms with Gasteiger partial charge in [0.15, 0.2) is 0 Å². The van der Waals surface area contributed by atoms with Crippen LogP contribution in [0.3, 0.4) is 0 Å². The van der Waals surface area contributed by atoms with E-state index in [-0.39, 0.29) is 5.91 Å².